The Morgan fingerprint density at radius 1 is 1.41 bits per heavy atom. The molecule has 0 aliphatic heterocycles. The molecule has 1 unspecified atom stereocenters. The summed E-state index contributed by atoms with van der Waals surface area (Å²) < 4.78 is 6.77. The minimum Gasteiger partial charge on any atom is -0.482 e. The molecule has 1 aromatic carbocycles. The third-order valence-electron chi connectivity index (χ3n) is 2.24. The van der Waals surface area contributed by atoms with Crippen molar-refractivity contribution in [2.75, 3.05) is 6.54 Å². The summed E-state index contributed by atoms with van der Waals surface area (Å²) in [6.07, 6.45) is -0.151. The second-order valence-electron chi connectivity index (χ2n) is 3.43. The van der Waals surface area contributed by atoms with E-state index < -0.39 is 0 Å². The van der Waals surface area contributed by atoms with Gasteiger partial charge < -0.3 is 10.5 Å². The summed E-state index contributed by atoms with van der Waals surface area (Å²) in [5.74, 6) is 0.643. The van der Waals surface area contributed by atoms with Gasteiger partial charge in [0.05, 0.1) is 5.02 Å². The number of thiophene rings is 1. The summed E-state index contributed by atoms with van der Waals surface area (Å²) in [6, 6.07) is 9.50. The first-order chi connectivity index (χ1) is 8.20. The quantitative estimate of drug-likeness (QED) is 0.908. The van der Waals surface area contributed by atoms with Crippen LogP contribution in [0.4, 0.5) is 0 Å². The molecule has 2 N–H and O–H groups in total. The molecule has 0 saturated heterocycles. The van der Waals surface area contributed by atoms with Crippen molar-refractivity contribution in [1.29, 1.82) is 0 Å². The number of nitrogens with two attached hydrogens (primary N) is 1. The maximum absolute atomic E-state index is 6.08. The predicted molar refractivity (Wildman–Crippen MR) is 75.9 cm³/mol. The van der Waals surface area contributed by atoms with Crippen LogP contribution in [0.3, 0.4) is 0 Å². The van der Waals surface area contributed by atoms with Gasteiger partial charge in [0, 0.05) is 15.9 Å². The lowest BCUT2D eigenvalue weighted by Crippen LogP contribution is -2.17. The fourth-order valence-corrected chi connectivity index (χ4v) is 2.69. The minimum atomic E-state index is -0.151. The van der Waals surface area contributed by atoms with E-state index >= 15 is 0 Å². The number of benzene rings is 1. The van der Waals surface area contributed by atoms with Crippen LogP contribution in [-0.4, -0.2) is 6.54 Å². The van der Waals surface area contributed by atoms with Gasteiger partial charge in [-0.05, 0) is 29.6 Å². The molecule has 5 heteroatoms. The van der Waals surface area contributed by atoms with Crippen LogP contribution >= 0.6 is 38.9 Å². The van der Waals surface area contributed by atoms with Crippen molar-refractivity contribution < 1.29 is 4.74 Å². The Balaban J connectivity index is 2.21. The number of hydrogen-bond acceptors (Lipinski definition) is 3. The highest BCUT2D eigenvalue weighted by atomic mass is 79.9. The molecule has 0 saturated carbocycles. The SMILES string of the molecule is NCC(Oc1cc(Br)ccc1Cl)c1cccs1. The first kappa shape index (κ1) is 12.9. The Kier molecular flexibility index (Phi) is 4.45. The molecule has 2 aromatic rings. The van der Waals surface area contributed by atoms with E-state index in [0.717, 1.165) is 9.35 Å². The van der Waals surface area contributed by atoms with E-state index in [2.05, 4.69) is 15.9 Å². The second kappa shape index (κ2) is 5.87. The summed E-state index contributed by atoms with van der Waals surface area (Å²) in [5, 5.41) is 2.59. The maximum Gasteiger partial charge on any atom is 0.145 e. The van der Waals surface area contributed by atoms with Crippen LogP contribution < -0.4 is 10.5 Å². The Morgan fingerprint density at radius 3 is 2.88 bits per heavy atom. The molecular formula is C12H11BrClNOS. The third kappa shape index (κ3) is 3.22. The van der Waals surface area contributed by atoms with Gasteiger partial charge in [-0.1, -0.05) is 33.6 Å². The van der Waals surface area contributed by atoms with Crippen LogP contribution in [0, 0.1) is 0 Å². The van der Waals surface area contributed by atoms with Gasteiger partial charge in [-0.25, -0.2) is 0 Å². The van der Waals surface area contributed by atoms with Crippen LogP contribution in [0.5, 0.6) is 5.75 Å². The van der Waals surface area contributed by atoms with Gasteiger partial charge in [0.25, 0.3) is 0 Å². The largest absolute Gasteiger partial charge is 0.482 e. The third-order valence-corrected chi connectivity index (χ3v) is 4.01. The van der Waals surface area contributed by atoms with E-state index in [1.165, 1.54) is 0 Å². The van der Waals surface area contributed by atoms with Crippen molar-refractivity contribution in [3.8, 4) is 5.75 Å². The van der Waals surface area contributed by atoms with Gasteiger partial charge >= 0.3 is 0 Å². The highest BCUT2D eigenvalue weighted by molar-refractivity contribution is 9.10. The molecule has 0 bridgehead atoms. The molecular weight excluding hydrogens is 322 g/mol. The highest BCUT2D eigenvalue weighted by Crippen LogP contribution is 2.32. The van der Waals surface area contributed by atoms with Gasteiger partial charge in [0.15, 0.2) is 0 Å². The van der Waals surface area contributed by atoms with Crippen molar-refractivity contribution in [2.45, 2.75) is 6.10 Å². The van der Waals surface area contributed by atoms with Gasteiger partial charge in [-0.15, -0.1) is 11.3 Å². The average Bonchev–Trinajstić information content (AvgIpc) is 2.84. The fraction of sp³-hybridized carbons (Fsp3) is 0.167. The van der Waals surface area contributed by atoms with Gasteiger partial charge in [0.1, 0.15) is 11.9 Å². The molecule has 0 fully saturated rings. The van der Waals surface area contributed by atoms with Crippen molar-refractivity contribution in [2.24, 2.45) is 5.73 Å². The van der Waals surface area contributed by atoms with E-state index in [-0.39, 0.29) is 6.10 Å². The van der Waals surface area contributed by atoms with Gasteiger partial charge in [-0.2, -0.15) is 0 Å². The zero-order chi connectivity index (χ0) is 12.3. The van der Waals surface area contributed by atoms with Crippen molar-refractivity contribution in [3.63, 3.8) is 0 Å². The molecule has 0 amide bonds. The second-order valence-corrected chi connectivity index (χ2v) is 5.73. The average molecular weight is 333 g/mol. The molecule has 0 aliphatic carbocycles. The molecule has 0 radical (unpaired) electrons. The van der Waals surface area contributed by atoms with E-state index in [9.17, 15) is 0 Å². The molecule has 2 nitrogen and oxygen atoms in total. The number of hydrogen-bond donors (Lipinski definition) is 1. The van der Waals surface area contributed by atoms with Gasteiger partial charge in [0.2, 0.25) is 0 Å². The molecule has 2 rings (SSSR count). The summed E-state index contributed by atoms with van der Waals surface area (Å²) >= 11 is 11.1. The van der Waals surface area contributed by atoms with E-state index in [1.807, 2.05) is 29.6 Å². The van der Waals surface area contributed by atoms with Crippen molar-refractivity contribution in [3.05, 3.63) is 50.1 Å². The molecule has 1 atom stereocenters. The van der Waals surface area contributed by atoms with Crippen LogP contribution in [-0.2, 0) is 0 Å². The normalized spacial score (nSPS) is 12.4. The zero-order valence-electron chi connectivity index (χ0n) is 8.90. The fourth-order valence-electron chi connectivity index (χ4n) is 1.42. The number of ether oxygens (including phenoxy) is 1. The Labute approximate surface area is 117 Å². The van der Waals surface area contributed by atoms with Crippen LogP contribution in [0.1, 0.15) is 11.0 Å². The van der Waals surface area contributed by atoms with Crippen LogP contribution in [0.2, 0.25) is 5.02 Å². The zero-order valence-corrected chi connectivity index (χ0v) is 12.1. The first-order valence-electron chi connectivity index (χ1n) is 5.06. The summed E-state index contributed by atoms with van der Waals surface area (Å²) in [5.41, 5.74) is 5.73. The molecule has 1 heterocycles. The predicted octanol–water partition coefficient (Wildman–Crippen LogP) is 4.24. The molecule has 1 aromatic heterocycles. The molecule has 0 aliphatic rings. The Hall–Kier alpha value is -0.550. The Bertz CT molecular complexity index is 489. The topological polar surface area (TPSA) is 35.2 Å². The summed E-state index contributed by atoms with van der Waals surface area (Å²) in [6.45, 7) is 0.420. The monoisotopic (exact) mass is 331 g/mol. The molecule has 90 valence electrons. The minimum absolute atomic E-state index is 0.151. The van der Waals surface area contributed by atoms with Crippen LogP contribution in [0.25, 0.3) is 0 Å². The smallest absolute Gasteiger partial charge is 0.145 e. The number of rotatable bonds is 4. The lowest BCUT2D eigenvalue weighted by Gasteiger charge is -2.17. The van der Waals surface area contributed by atoms with Crippen molar-refractivity contribution >= 4 is 38.9 Å². The van der Waals surface area contributed by atoms with Crippen LogP contribution in [0.15, 0.2) is 40.2 Å². The Morgan fingerprint density at radius 2 is 2.24 bits per heavy atom. The van der Waals surface area contributed by atoms with E-state index in [0.29, 0.717) is 17.3 Å². The van der Waals surface area contributed by atoms with E-state index in [1.54, 1.807) is 17.4 Å². The molecule has 0 spiro atoms. The summed E-state index contributed by atoms with van der Waals surface area (Å²) in [4.78, 5) is 1.10. The highest BCUT2D eigenvalue weighted by Gasteiger charge is 2.14. The lowest BCUT2D eigenvalue weighted by molar-refractivity contribution is 0.218. The standard InChI is InChI=1S/C12H11BrClNOS/c13-8-3-4-9(14)10(6-8)16-11(7-15)12-2-1-5-17-12/h1-6,11H,7,15H2. The van der Waals surface area contributed by atoms with Gasteiger partial charge in [-0.3, -0.25) is 0 Å². The lowest BCUT2D eigenvalue weighted by atomic mass is 10.3. The summed E-state index contributed by atoms with van der Waals surface area (Å²) in [7, 11) is 0. The maximum atomic E-state index is 6.08. The van der Waals surface area contributed by atoms with Crippen molar-refractivity contribution in [1.82, 2.24) is 0 Å². The number of halogens is 2. The van der Waals surface area contributed by atoms with E-state index in [4.69, 9.17) is 22.1 Å². The molecule has 17 heavy (non-hydrogen) atoms. The first-order valence-corrected chi connectivity index (χ1v) is 7.11.